The van der Waals surface area contributed by atoms with Gasteiger partial charge in [0.05, 0.1) is 4.90 Å². The molecule has 0 radical (unpaired) electrons. The number of nitrogens with zero attached hydrogens (tertiary/aromatic N) is 1. The van der Waals surface area contributed by atoms with Gasteiger partial charge in [0.15, 0.2) is 0 Å². The van der Waals surface area contributed by atoms with Crippen molar-refractivity contribution in [3.05, 3.63) is 53.8 Å². The molecule has 1 saturated heterocycles. The Hall–Kier alpha value is -2.45. The largest absolute Gasteiger partial charge is 0.492 e. The number of hydrogen-bond acceptors (Lipinski definition) is 4. The van der Waals surface area contributed by atoms with Gasteiger partial charge in [-0.15, -0.1) is 0 Å². The summed E-state index contributed by atoms with van der Waals surface area (Å²) < 4.78 is 45.6. The molecule has 2 aromatic carbocycles. The van der Waals surface area contributed by atoms with Gasteiger partial charge in [-0.1, -0.05) is 0 Å². The van der Waals surface area contributed by atoms with Gasteiger partial charge in [0.1, 0.15) is 18.2 Å². The highest BCUT2D eigenvalue weighted by molar-refractivity contribution is 7.89. The maximum Gasteiger partial charge on any atom is 0.240 e. The van der Waals surface area contributed by atoms with Crippen LogP contribution in [0.1, 0.15) is 18.4 Å². The summed E-state index contributed by atoms with van der Waals surface area (Å²) in [6.07, 6.45) is 1.34. The Morgan fingerprint density at radius 1 is 1.19 bits per heavy atom. The molecule has 8 heteroatoms. The molecule has 144 valence electrons. The molecule has 1 N–H and O–H groups in total. The molecule has 1 amide bonds. The van der Waals surface area contributed by atoms with Crippen LogP contribution >= 0.6 is 0 Å². The lowest BCUT2D eigenvalue weighted by atomic mass is 10.2. The maximum atomic E-state index is 12.8. The van der Waals surface area contributed by atoms with Crippen LogP contribution in [0.25, 0.3) is 0 Å². The van der Waals surface area contributed by atoms with Gasteiger partial charge in [-0.05, 0) is 61.4 Å². The van der Waals surface area contributed by atoms with E-state index in [0.29, 0.717) is 18.7 Å². The second kappa shape index (κ2) is 8.06. The Kier molecular flexibility index (Phi) is 5.76. The van der Waals surface area contributed by atoms with Crippen molar-refractivity contribution in [2.75, 3.05) is 24.6 Å². The van der Waals surface area contributed by atoms with E-state index >= 15 is 0 Å². The lowest BCUT2D eigenvalue weighted by molar-refractivity contribution is -0.117. The standard InChI is InChI=1S/C19H21FN2O4S/c1-14-13-17(8-9-18(14)22-11-2-3-19(22)23)27(24,25)21-10-12-26-16-6-4-15(20)5-7-16/h4-9,13,21H,2-3,10-12H2,1H3. The van der Waals surface area contributed by atoms with Crippen molar-refractivity contribution in [2.45, 2.75) is 24.7 Å². The van der Waals surface area contributed by atoms with Crippen molar-refractivity contribution < 1.29 is 22.3 Å². The third-order valence-electron chi connectivity index (χ3n) is 4.32. The highest BCUT2D eigenvalue weighted by atomic mass is 32.2. The van der Waals surface area contributed by atoms with Crippen LogP contribution in [0.2, 0.25) is 0 Å². The molecule has 6 nitrogen and oxygen atoms in total. The van der Waals surface area contributed by atoms with Crippen LogP contribution < -0.4 is 14.4 Å². The summed E-state index contributed by atoms with van der Waals surface area (Å²) in [5, 5.41) is 0. The molecule has 1 aliphatic rings. The van der Waals surface area contributed by atoms with E-state index in [4.69, 9.17) is 4.74 Å². The summed E-state index contributed by atoms with van der Waals surface area (Å²) in [6.45, 7) is 2.64. The van der Waals surface area contributed by atoms with Crippen LogP contribution in [0.5, 0.6) is 5.75 Å². The quantitative estimate of drug-likeness (QED) is 0.735. The monoisotopic (exact) mass is 392 g/mol. The zero-order valence-electron chi connectivity index (χ0n) is 14.9. The van der Waals surface area contributed by atoms with E-state index < -0.39 is 10.0 Å². The lowest BCUT2D eigenvalue weighted by Gasteiger charge is -2.19. The Morgan fingerprint density at radius 3 is 2.56 bits per heavy atom. The number of hydrogen-bond donors (Lipinski definition) is 1. The van der Waals surface area contributed by atoms with Crippen LogP contribution in [0.3, 0.4) is 0 Å². The number of halogens is 1. The molecule has 0 aliphatic carbocycles. The second-order valence-electron chi connectivity index (χ2n) is 6.30. The number of carbonyl (C=O) groups excluding carboxylic acids is 1. The molecule has 0 spiro atoms. The fourth-order valence-corrected chi connectivity index (χ4v) is 4.06. The molecule has 27 heavy (non-hydrogen) atoms. The number of nitrogens with one attached hydrogen (secondary N) is 1. The van der Waals surface area contributed by atoms with E-state index in [0.717, 1.165) is 17.7 Å². The summed E-state index contributed by atoms with van der Waals surface area (Å²) in [7, 11) is -3.69. The Labute approximate surface area is 158 Å². The molecule has 3 rings (SSSR count). The first kappa shape index (κ1) is 19.3. The predicted octanol–water partition coefficient (Wildman–Crippen LogP) is 2.62. The van der Waals surface area contributed by atoms with Gasteiger partial charge in [-0.25, -0.2) is 17.5 Å². The summed E-state index contributed by atoms with van der Waals surface area (Å²) >= 11 is 0. The molecule has 0 atom stereocenters. The minimum atomic E-state index is -3.69. The average Bonchev–Trinajstić information content (AvgIpc) is 3.06. The van der Waals surface area contributed by atoms with Crippen molar-refractivity contribution in [3.63, 3.8) is 0 Å². The molecule has 1 fully saturated rings. The first-order valence-electron chi connectivity index (χ1n) is 8.66. The summed E-state index contributed by atoms with van der Waals surface area (Å²) in [5.41, 5.74) is 1.48. The van der Waals surface area contributed by atoms with Crippen molar-refractivity contribution in [1.82, 2.24) is 4.72 Å². The number of ether oxygens (including phenoxy) is 1. The summed E-state index contributed by atoms with van der Waals surface area (Å²) in [5.74, 6) is 0.161. The minimum Gasteiger partial charge on any atom is -0.492 e. The molecule has 0 saturated carbocycles. The number of rotatable bonds is 7. The highest BCUT2D eigenvalue weighted by Crippen LogP contribution is 2.27. The second-order valence-corrected chi connectivity index (χ2v) is 8.06. The average molecular weight is 392 g/mol. The number of anilines is 1. The molecule has 1 aliphatic heterocycles. The van der Waals surface area contributed by atoms with E-state index in [1.807, 2.05) is 0 Å². The third-order valence-corrected chi connectivity index (χ3v) is 5.78. The van der Waals surface area contributed by atoms with Crippen LogP contribution in [-0.2, 0) is 14.8 Å². The normalized spacial score (nSPS) is 14.6. The van der Waals surface area contributed by atoms with Crippen LogP contribution in [-0.4, -0.2) is 34.0 Å². The van der Waals surface area contributed by atoms with Crippen molar-refractivity contribution in [1.29, 1.82) is 0 Å². The minimum absolute atomic E-state index is 0.0600. The van der Waals surface area contributed by atoms with Gasteiger partial charge in [0.2, 0.25) is 15.9 Å². The fraction of sp³-hybridized carbons (Fsp3) is 0.316. The highest BCUT2D eigenvalue weighted by Gasteiger charge is 2.24. The number of aryl methyl sites for hydroxylation is 1. The van der Waals surface area contributed by atoms with Gasteiger partial charge < -0.3 is 9.64 Å². The Bertz CT molecular complexity index is 929. The van der Waals surface area contributed by atoms with Gasteiger partial charge in [-0.3, -0.25) is 4.79 Å². The van der Waals surface area contributed by atoms with Gasteiger partial charge in [0, 0.05) is 25.2 Å². The van der Waals surface area contributed by atoms with E-state index in [1.54, 1.807) is 24.0 Å². The number of carbonyl (C=O) groups is 1. The van der Waals surface area contributed by atoms with E-state index in [1.165, 1.54) is 30.3 Å². The third kappa shape index (κ3) is 4.64. The molecule has 0 aromatic heterocycles. The molecule has 0 unspecified atom stereocenters. The van der Waals surface area contributed by atoms with Crippen LogP contribution in [0.4, 0.5) is 10.1 Å². The number of sulfonamides is 1. The van der Waals surface area contributed by atoms with Crippen molar-refractivity contribution in [2.24, 2.45) is 0 Å². The van der Waals surface area contributed by atoms with Crippen LogP contribution in [0.15, 0.2) is 47.4 Å². The Balaban J connectivity index is 1.60. The van der Waals surface area contributed by atoms with Gasteiger partial charge in [0.25, 0.3) is 0 Å². The maximum absolute atomic E-state index is 12.8. The predicted molar refractivity (Wildman–Crippen MR) is 99.8 cm³/mol. The lowest BCUT2D eigenvalue weighted by Crippen LogP contribution is -2.29. The SMILES string of the molecule is Cc1cc(S(=O)(=O)NCCOc2ccc(F)cc2)ccc1N1CCCC1=O. The molecule has 2 aromatic rings. The van der Waals surface area contributed by atoms with Gasteiger partial charge in [-0.2, -0.15) is 0 Å². The molecule has 0 bridgehead atoms. The van der Waals surface area contributed by atoms with Gasteiger partial charge >= 0.3 is 0 Å². The number of benzene rings is 2. The number of amides is 1. The summed E-state index contributed by atoms with van der Waals surface area (Å²) in [6, 6.07) is 10.2. The van der Waals surface area contributed by atoms with E-state index in [2.05, 4.69) is 4.72 Å². The molecular formula is C19H21FN2O4S. The van der Waals surface area contributed by atoms with Crippen molar-refractivity contribution >= 4 is 21.6 Å². The zero-order chi connectivity index (χ0) is 19.4. The topological polar surface area (TPSA) is 75.7 Å². The van der Waals surface area contributed by atoms with E-state index in [9.17, 15) is 17.6 Å². The first-order chi connectivity index (χ1) is 12.9. The van der Waals surface area contributed by atoms with Crippen molar-refractivity contribution in [3.8, 4) is 5.75 Å². The Morgan fingerprint density at radius 2 is 1.93 bits per heavy atom. The summed E-state index contributed by atoms with van der Waals surface area (Å²) in [4.78, 5) is 13.7. The van der Waals surface area contributed by atoms with E-state index in [-0.39, 0.29) is 29.8 Å². The fourth-order valence-electron chi connectivity index (χ4n) is 2.96. The molecule has 1 heterocycles. The zero-order valence-corrected chi connectivity index (χ0v) is 15.8. The van der Waals surface area contributed by atoms with Crippen LogP contribution in [0, 0.1) is 12.7 Å². The first-order valence-corrected chi connectivity index (χ1v) is 10.1. The smallest absolute Gasteiger partial charge is 0.240 e. The molecular weight excluding hydrogens is 371 g/mol.